The number of ether oxygens (including phenoxy) is 1. The maximum absolute atomic E-state index is 6.18. The molecule has 2 heterocycles. The quantitative estimate of drug-likeness (QED) is 0.796. The van der Waals surface area contributed by atoms with Crippen LogP contribution in [-0.2, 0) is 4.74 Å². The third-order valence-corrected chi connectivity index (χ3v) is 5.02. The maximum atomic E-state index is 6.18. The van der Waals surface area contributed by atoms with Gasteiger partial charge in [0.1, 0.15) is 0 Å². The fraction of sp³-hybridized carbons (Fsp3) is 1.00. The minimum atomic E-state index is 0.465. The first-order valence-corrected chi connectivity index (χ1v) is 7.62. The van der Waals surface area contributed by atoms with Gasteiger partial charge in [-0.15, -0.1) is 0 Å². The largest absolute Gasteiger partial charge is 0.379 e. The second-order valence-electron chi connectivity index (χ2n) is 6.21. The molecule has 4 heteroatoms. The van der Waals surface area contributed by atoms with Crippen molar-refractivity contribution in [2.24, 2.45) is 11.7 Å². The highest BCUT2D eigenvalue weighted by atomic mass is 16.5. The summed E-state index contributed by atoms with van der Waals surface area (Å²) in [6.07, 6.45) is 5.26. The Morgan fingerprint density at radius 2 is 1.89 bits per heavy atom. The normalized spacial score (nSPS) is 39.5. The molecule has 0 radical (unpaired) electrons. The van der Waals surface area contributed by atoms with Crippen molar-refractivity contribution in [3.63, 3.8) is 0 Å². The highest BCUT2D eigenvalue weighted by Gasteiger charge is 2.32. The first-order chi connectivity index (χ1) is 8.83. The van der Waals surface area contributed by atoms with Crippen molar-refractivity contribution in [1.82, 2.24) is 9.80 Å². The van der Waals surface area contributed by atoms with E-state index in [1.807, 2.05) is 0 Å². The van der Waals surface area contributed by atoms with E-state index in [1.54, 1.807) is 0 Å². The molecule has 0 aromatic carbocycles. The molecule has 0 spiro atoms. The van der Waals surface area contributed by atoms with E-state index in [1.165, 1.54) is 45.3 Å². The van der Waals surface area contributed by atoms with Crippen LogP contribution in [0.15, 0.2) is 0 Å². The Labute approximate surface area is 110 Å². The molecule has 3 aliphatic rings. The van der Waals surface area contributed by atoms with Gasteiger partial charge in [0.05, 0.1) is 13.2 Å². The van der Waals surface area contributed by atoms with E-state index in [-0.39, 0.29) is 0 Å². The summed E-state index contributed by atoms with van der Waals surface area (Å²) >= 11 is 0. The van der Waals surface area contributed by atoms with E-state index in [2.05, 4.69) is 9.80 Å². The smallest absolute Gasteiger partial charge is 0.0594 e. The van der Waals surface area contributed by atoms with Gasteiger partial charge in [-0.1, -0.05) is 6.42 Å². The van der Waals surface area contributed by atoms with Crippen molar-refractivity contribution in [3.05, 3.63) is 0 Å². The lowest BCUT2D eigenvalue weighted by molar-refractivity contribution is 0.0182. The Morgan fingerprint density at radius 3 is 2.61 bits per heavy atom. The minimum Gasteiger partial charge on any atom is -0.379 e. The van der Waals surface area contributed by atoms with Gasteiger partial charge in [0.15, 0.2) is 0 Å². The first kappa shape index (κ1) is 12.9. The first-order valence-electron chi connectivity index (χ1n) is 7.62. The van der Waals surface area contributed by atoms with Crippen molar-refractivity contribution in [1.29, 1.82) is 0 Å². The third kappa shape index (κ3) is 2.87. The van der Waals surface area contributed by atoms with Crippen molar-refractivity contribution in [3.8, 4) is 0 Å². The number of morpholine rings is 1. The van der Waals surface area contributed by atoms with Crippen LogP contribution in [0.25, 0.3) is 0 Å². The Bertz CT molecular complexity index is 268. The summed E-state index contributed by atoms with van der Waals surface area (Å²) in [7, 11) is 0. The predicted molar refractivity (Wildman–Crippen MR) is 72.6 cm³/mol. The number of nitrogens with two attached hydrogens (primary N) is 1. The molecule has 2 N–H and O–H groups in total. The summed E-state index contributed by atoms with van der Waals surface area (Å²) in [6, 6.07) is 1.24. The van der Waals surface area contributed by atoms with Gasteiger partial charge in [0.25, 0.3) is 0 Å². The Balaban J connectivity index is 1.46. The fourth-order valence-electron chi connectivity index (χ4n) is 3.84. The van der Waals surface area contributed by atoms with Crippen LogP contribution in [0.3, 0.4) is 0 Å². The monoisotopic (exact) mass is 253 g/mol. The molecule has 0 aromatic heterocycles. The van der Waals surface area contributed by atoms with Crippen LogP contribution in [0.5, 0.6) is 0 Å². The number of nitrogens with zero attached hydrogens (tertiary/aromatic N) is 2. The van der Waals surface area contributed by atoms with Crippen LogP contribution in [0.2, 0.25) is 0 Å². The molecule has 2 aliphatic heterocycles. The number of hydrogen-bond donors (Lipinski definition) is 1. The molecule has 0 bridgehead atoms. The van der Waals surface area contributed by atoms with Crippen LogP contribution in [-0.4, -0.2) is 67.8 Å². The molecular weight excluding hydrogens is 226 g/mol. The van der Waals surface area contributed by atoms with Crippen LogP contribution in [0.4, 0.5) is 0 Å². The lowest BCUT2D eigenvalue weighted by atomic mass is 10.0. The van der Waals surface area contributed by atoms with Gasteiger partial charge in [0, 0.05) is 38.3 Å². The maximum Gasteiger partial charge on any atom is 0.0594 e. The molecule has 1 aliphatic carbocycles. The number of hydrogen-bond acceptors (Lipinski definition) is 4. The molecule has 4 nitrogen and oxygen atoms in total. The zero-order chi connectivity index (χ0) is 12.4. The average Bonchev–Trinajstić information content (AvgIpc) is 3.02. The Kier molecular flexibility index (Phi) is 4.19. The van der Waals surface area contributed by atoms with Crippen molar-refractivity contribution < 1.29 is 4.74 Å². The summed E-state index contributed by atoms with van der Waals surface area (Å²) in [4.78, 5) is 5.27. The molecule has 0 aromatic rings. The summed E-state index contributed by atoms with van der Waals surface area (Å²) in [6.45, 7) is 7.85. The van der Waals surface area contributed by atoms with Crippen molar-refractivity contribution in [2.75, 3.05) is 45.9 Å². The molecule has 104 valence electrons. The van der Waals surface area contributed by atoms with E-state index in [9.17, 15) is 0 Å². The van der Waals surface area contributed by atoms with Gasteiger partial charge < -0.3 is 15.4 Å². The van der Waals surface area contributed by atoms with E-state index < -0.39 is 0 Å². The fourth-order valence-corrected chi connectivity index (χ4v) is 3.84. The van der Waals surface area contributed by atoms with Gasteiger partial charge in [0.2, 0.25) is 0 Å². The molecule has 2 saturated heterocycles. The summed E-state index contributed by atoms with van der Waals surface area (Å²) in [5.41, 5.74) is 6.18. The molecule has 3 fully saturated rings. The highest BCUT2D eigenvalue weighted by Crippen LogP contribution is 2.27. The summed E-state index contributed by atoms with van der Waals surface area (Å²) < 4.78 is 5.44. The summed E-state index contributed by atoms with van der Waals surface area (Å²) in [5.74, 6) is 0.758. The zero-order valence-electron chi connectivity index (χ0n) is 11.4. The number of rotatable bonds is 3. The third-order valence-electron chi connectivity index (χ3n) is 5.02. The lowest BCUT2D eigenvalue weighted by Gasteiger charge is -2.32. The minimum absolute atomic E-state index is 0.465. The van der Waals surface area contributed by atoms with E-state index in [0.29, 0.717) is 6.04 Å². The zero-order valence-corrected chi connectivity index (χ0v) is 11.4. The topological polar surface area (TPSA) is 41.7 Å². The summed E-state index contributed by atoms with van der Waals surface area (Å²) in [5, 5.41) is 0. The van der Waals surface area contributed by atoms with Gasteiger partial charge in [-0.05, 0) is 31.7 Å². The van der Waals surface area contributed by atoms with Crippen LogP contribution in [0.1, 0.15) is 25.7 Å². The van der Waals surface area contributed by atoms with Gasteiger partial charge >= 0.3 is 0 Å². The molecule has 0 amide bonds. The Hall–Kier alpha value is -0.160. The molecule has 1 saturated carbocycles. The van der Waals surface area contributed by atoms with Gasteiger partial charge in [-0.25, -0.2) is 0 Å². The molecule has 3 unspecified atom stereocenters. The predicted octanol–water partition coefficient (Wildman–Crippen LogP) is 0.520. The van der Waals surface area contributed by atoms with Gasteiger partial charge in [-0.3, -0.25) is 4.90 Å². The number of likely N-dealkylation sites (tertiary alicyclic amines) is 1. The van der Waals surface area contributed by atoms with Crippen molar-refractivity contribution in [2.45, 2.75) is 37.8 Å². The lowest BCUT2D eigenvalue weighted by Crippen LogP contribution is -2.45. The molecular formula is C14H27N3O. The van der Waals surface area contributed by atoms with Crippen LogP contribution in [0, 0.1) is 5.92 Å². The average molecular weight is 253 g/mol. The molecule has 3 atom stereocenters. The second kappa shape index (κ2) is 5.87. The highest BCUT2D eigenvalue weighted by molar-refractivity contribution is 4.88. The molecule has 18 heavy (non-hydrogen) atoms. The SMILES string of the molecule is NC1CCCC1CN1CCC(N2CCOCC2)C1. The van der Waals surface area contributed by atoms with Crippen LogP contribution >= 0.6 is 0 Å². The second-order valence-corrected chi connectivity index (χ2v) is 6.21. The van der Waals surface area contributed by atoms with E-state index in [0.717, 1.165) is 38.3 Å². The standard InChI is InChI=1S/C14H27N3O/c15-14-3-1-2-12(14)10-16-5-4-13(11-16)17-6-8-18-9-7-17/h12-14H,1-11,15H2. The van der Waals surface area contributed by atoms with E-state index >= 15 is 0 Å². The van der Waals surface area contributed by atoms with Gasteiger partial charge in [-0.2, -0.15) is 0 Å². The van der Waals surface area contributed by atoms with Crippen LogP contribution < -0.4 is 5.73 Å². The van der Waals surface area contributed by atoms with E-state index in [4.69, 9.17) is 10.5 Å². The van der Waals surface area contributed by atoms with Crippen molar-refractivity contribution >= 4 is 0 Å². The molecule has 3 rings (SSSR count). The Morgan fingerprint density at radius 1 is 1.06 bits per heavy atom.